The Morgan fingerprint density at radius 3 is 2.74 bits per heavy atom. The van der Waals surface area contributed by atoms with Gasteiger partial charge in [-0.2, -0.15) is 0 Å². The number of aryl methyl sites for hydroxylation is 1. The molecule has 19 heavy (non-hydrogen) atoms. The molecular weight excluding hydrogens is 284 g/mol. The Kier molecular flexibility index (Phi) is 6.95. The van der Waals surface area contributed by atoms with Crippen molar-refractivity contribution in [1.29, 1.82) is 0 Å². The summed E-state index contributed by atoms with van der Waals surface area (Å²) in [7, 11) is -3.43. The lowest BCUT2D eigenvalue weighted by atomic mass is 10.3. The number of nitrogens with one attached hydrogen (secondary N) is 1. The molecule has 7 heteroatoms. The molecule has 0 spiro atoms. The lowest BCUT2D eigenvalue weighted by Gasteiger charge is -2.05. The van der Waals surface area contributed by atoms with Crippen LogP contribution in [0, 0.1) is 6.92 Å². The Labute approximate surface area is 119 Å². The van der Waals surface area contributed by atoms with Crippen molar-refractivity contribution < 1.29 is 13.2 Å². The number of nitrogens with two attached hydrogens (primary N) is 1. The first-order valence-electron chi connectivity index (χ1n) is 6.38. The summed E-state index contributed by atoms with van der Waals surface area (Å²) in [5.74, 6) is 0. The molecule has 0 aliphatic carbocycles. The maximum Gasteiger partial charge on any atom is 0.250 e. The number of unbranched alkanes of at least 4 members (excludes halogenated alkanes) is 1. The first-order chi connectivity index (χ1) is 9.01. The van der Waals surface area contributed by atoms with Crippen LogP contribution in [0.3, 0.4) is 0 Å². The first-order valence-corrected chi connectivity index (χ1v) is 8.68. The van der Waals surface area contributed by atoms with E-state index in [1.807, 2.05) is 6.92 Å². The topological polar surface area (TPSA) is 81.4 Å². The predicted molar refractivity (Wildman–Crippen MR) is 77.9 cm³/mol. The number of sulfonamides is 1. The molecule has 1 aromatic rings. The fourth-order valence-electron chi connectivity index (χ4n) is 1.49. The van der Waals surface area contributed by atoms with Crippen molar-refractivity contribution in [2.45, 2.75) is 37.4 Å². The summed E-state index contributed by atoms with van der Waals surface area (Å²) in [4.78, 5) is 0.902. The van der Waals surface area contributed by atoms with Gasteiger partial charge in [0.15, 0.2) is 0 Å². The Bertz CT molecular complexity index is 483. The lowest BCUT2D eigenvalue weighted by molar-refractivity contribution is 0.136. The van der Waals surface area contributed by atoms with Crippen LogP contribution in [0.15, 0.2) is 10.3 Å². The molecule has 0 amide bonds. The molecule has 0 aliphatic rings. The van der Waals surface area contributed by atoms with Crippen LogP contribution in [0.4, 0.5) is 0 Å². The zero-order valence-corrected chi connectivity index (χ0v) is 13.1. The average molecular weight is 306 g/mol. The van der Waals surface area contributed by atoms with Gasteiger partial charge in [0.2, 0.25) is 10.0 Å². The third kappa shape index (κ3) is 5.19. The third-order valence-corrected chi connectivity index (χ3v) is 5.82. The van der Waals surface area contributed by atoms with Crippen molar-refractivity contribution in [3.63, 3.8) is 0 Å². The van der Waals surface area contributed by atoms with Crippen LogP contribution in [0.1, 0.15) is 30.2 Å². The van der Waals surface area contributed by atoms with E-state index in [-0.39, 0.29) is 0 Å². The van der Waals surface area contributed by atoms with Crippen LogP contribution in [0.25, 0.3) is 0 Å². The van der Waals surface area contributed by atoms with Crippen molar-refractivity contribution in [3.8, 4) is 0 Å². The molecule has 1 aromatic heterocycles. The Morgan fingerprint density at radius 1 is 1.42 bits per heavy atom. The molecule has 0 unspecified atom stereocenters. The van der Waals surface area contributed by atoms with Gasteiger partial charge >= 0.3 is 0 Å². The summed E-state index contributed by atoms with van der Waals surface area (Å²) < 4.78 is 32.2. The molecule has 1 rings (SSSR count). The highest BCUT2D eigenvalue weighted by Crippen LogP contribution is 2.25. The van der Waals surface area contributed by atoms with Gasteiger partial charge in [-0.15, -0.1) is 11.3 Å². The minimum Gasteiger partial charge on any atom is -0.380 e. The van der Waals surface area contributed by atoms with Crippen LogP contribution < -0.4 is 10.5 Å². The molecule has 0 saturated heterocycles. The summed E-state index contributed by atoms with van der Waals surface area (Å²) in [5.41, 5.74) is 6.47. The molecule has 0 saturated carbocycles. The predicted octanol–water partition coefficient (Wildman–Crippen LogP) is 1.61. The smallest absolute Gasteiger partial charge is 0.250 e. The number of hydrogen-bond donors (Lipinski definition) is 2. The van der Waals surface area contributed by atoms with E-state index in [1.165, 1.54) is 11.3 Å². The van der Waals surface area contributed by atoms with Gasteiger partial charge in [-0.1, -0.05) is 13.3 Å². The van der Waals surface area contributed by atoms with Gasteiger partial charge in [0.25, 0.3) is 0 Å². The summed E-state index contributed by atoms with van der Waals surface area (Å²) >= 11 is 1.22. The lowest BCUT2D eigenvalue weighted by Crippen LogP contribution is -2.27. The Morgan fingerprint density at radius 2 is 2.16 bits per heavy atom. The minimum atomic E-state index is -3.43. The molecule has 3 N–H and O–H groups in total. The first kappa shape index (κ1) is 16.6. The van der Waals surface area contributed by atoms with E-state index in [1.54, 1.807) is 6.07 Å². The SMILES string of the molecule is CCCCOCCNS(=O)(=O)c1cc(C)c(CN)s1. The van der Waals surface area contributed by atoms with E-state index in [0.717, 1.165) is 23.3 Å². The van der Waals surface area contributed by atoms with E-state index < -0.39 is 10.0 Å². The van der Waals surface area contributed by atoms with Gasteiger partial charge < -0.3 is 10.5 Å². The highest BCUT2D eigenvalue weighted by Gasteiger charge is 2.17. The second-order valence-electron chi connectivity index (χ2n) is 4.24. The van der Waals surface area contributed by atoms with Crippen molar-refractivity contribution >= 4 is 21.4 Å². The van der Waals surface area contributed by atoms with E-state index in [4.69, 9.17) is 10.5 Å². The van der Waals surface area contributed by atoms with Gasteiger partial charge in [-0.05, 0) is 25.0 Å². The molecule has 1 heterocycles. The molecule has 0 aromatic carbocycles. The van der Waals surface area contributed by atoms with Gasteiger partial charge in [0, 0.05) is 24.6 Å². The summed E-state index contributed by atoms with van der Waals surface area (Å²) in [5, 5.41) is 0. The van der Waals surface area contributed by atoms with Crippen LogP contribution in [-0.2, 0) is 21.3 Å². The maximum absolute atomic E-state index is 12.0. The zero-order valence-electron chi connectivity index (χ0n) is 11.4. The minimum absolute atomic E-state index is 0.293. The summed E-state index contributed by atoms with van der Waals surface area (Å²) in [6, 6.07) is 1.66. The fraction of sp³-hybridized carbons (Fsp3) is 0.667. The van der Waals surface area contributed by atoms with Gasteiger partial charge in [-0.3, -0.25) is 0 Å². The maximum atomic E-state index is 12.0. The standard InChI is InChI=1S/C12H22N2O3S2/c1-3-4-6-17-7-5-14-19(15,16)12-8-10(2)11(9-13)18-12/h8,14H,3-7,9,13H2,1-2H3. The van der Waals surface area contributed by atoms with Gasteiger partial charge in [-0.25, -0.2) is 13.1 Å². The second-order valence-corrected chi connectivity index (χ2v) is 7.37. The highest BCUT2D eigenvalue weighted by atomic mass is 32.2. The number of hydrogen-bond acceptors (Lipinski definition) is 5. The highest BCUT2D eigenvalue weighted by molar-refractivity contribution is 7.91. The second kappa shape index (κ2) is 7.96. The summed E-state index contributed by atoms with van der Waals surface area (Å²) in [6.07, 6.45) is 2.07. The van der Waals surface area contributed by atoms with E-state index >= 15 is 0 Å². The Balaban J connectivity index is 2.47. The summed E-state index contributed by atoms with van der Waals surface area (Å²) in [6.45, 7) is 5.68. The van der Waals surface area contributed by atoms with Crippen LogP contribution in [0.2, 0.25) is 0 Å². The fourth-order valence-corrected chi connectivity index (χ4v) is 4.02. The molecule has 0 radical (unpaired) electrons. The molecule has 0 aliphatic heterocycles. The quantitative estimate of drug-likeness (QED) is 0.679. The molecule has 0 fully saturated rings. The largest absolute Gasteiger partial charge is 0.380 e. The van der Waals surface area contributed by atoms with Crippen LogP contribution in [0.5, 0.6) is 0 Å². The monoisotopic (exact) mass is 306 g/mol. The van der Waals surface area contributed by atoms with Crippen molar-refractivity contribution in [1.82, 2.24) is 4.72 Å². The number of ether oxygens (including phenoxy) is 1. The zero-order chi connectivity index (χ0) is 14.3. The van der Waals surface area contributed by atoms with Crippen molar-refractivity contribution in [2.75, 3.05) is 19.8 Å². The van der Waals surface area contributed by atoms with Crippen molar-refractivity contribution in [2.24, 2.45) is 5.73 Å². The molecule has 110 valence electrons. The molecule has 0 bridgehead atoms. The molecule has 0 atom stereocenters. The van der Waals surface area contributed by atoms with Crippen LogP contribution in [-0.4, -0.2) is 28.2 Å². The Hall–Kier alpha value is -0.470. The van der Waals surface area contributed by atoms with E-state index in [9.17, 15) is 8.42 Å². The van der Waals surface area contributed by atoms with Gasteiger partial charge in [0.05, 0.1) is 6.61 Å². The number of thiophene rings is 1. The van der Waals surface area contributed by atoms with E-state index in [0.29, 0.717) is 30.5 Å². The third-order valence-electron chi connectivity index (χ3n) is 2.63. The van der Waals surface area contributed by atoms with Crippen molar-refractivity contribution in [3.05, 3.63) is 16.5 Å². The molecule has 5 nitrogen and oxygen atoms in total. The molecular formula is C12H22N2O3S2. The number of rotatable bonds is 9. The van der Waals surface area contributed by atoms with Gasteiger partial charge in [0.1, 0.15) is 4.21 Å². The average Bonchev–Trinajstić information content (AvgIpc) is 2.76. The van der Waals surface area contributed by atoms with E-state index in [2.05, 4.69) is 11.6 Å². The normalized spacial score (nSPS) is 11.9. The van der Waals surface area contributed by atoms with Crippen LogP contribution >= 0.6 is 11.3 Å².